The maximum atomic E-state index is 5.22. The second kappa shape index (κ2) is 6.20. The van der Waals surface area contributed by atoms with E-state index >= 15 is 0 Å². The Labute approximate surface area is 147 Å². The molecule has 0 spiro atoms. The molecule has 0 unspecified atom stereocenters. The van der Waals surface area contributed by atoms with E-state index in [4.69, 9.17) is 9.51 Å². The molecule has 2 atom stereocenters. The van der Waals surface area contributed by atoms with E-state index in [1.807, 2.05) is 6.92 Å². The van der Waals surface area contributed by atoms with Gasteiger partial charge in [-0.2, -0.15) is 10.1 Å². The number of hydrogen-bond donors (Lipinski definition) is 1. The Morgan fingerprint density at radius 1 is 1.16 bits per heavy atom. The number of aromatic nitrogens is 5. The van der Waals surface area contributed by atoms with Gasteiger partial charge in [0.2, 0.25) is 5.89 Å². The second-order valence-electron chi connectivity index (χ2n) is 8.06. The predicted octanol–water partition coefficient (Wildman–Crippen LogP) is 2.43. The standard InChI is InChI=1S/C18H26N6O/c1-11-19-16(25-23-11)3-2-8-24-9-14(12-4-5-12)15(10-24)18-20-17(21-22-18)13-6-7-13/h12-15H,2-10H2,1H3,(H,20,21,22)/t14-,15+/m1/s1. The Morgan fingerprint density at radius 3 is 2.76 bits per heavy atom. The maximum Gasteiger partial charge on any atom is 0.226 e. The number of rotatable bonds is 7. The summed E-state index contributed by atoms with van der Waals surface area (Å²) in [6.07, 6.45) is 7.23. The molecule has 2 aromatic heterocycles. The van der Waals surface area contributed by atoms with Gasteiger partial charge in [-0.05, 0) is 57.4 Å². The first-order chi connectivity index (χ1) is 12.3. The summed E-state index contributed by atoms with van der Waals surface area (Å²) in [7, 11) is 0. The minimum absolute atomic E-state index is 0.526. The monoisotopic (exact) mass is 342 g/mol. The van der Waals surface area contributed by atoms with Crippen LogP contribution in [0.2, 0.25) is 0 Å². The molecule has 25 heavy (non-hydrogen) atoms. The van der Waals surface area contributed by atoms with Gasteiger partial charge in [-0.1, -0.05) is 5.16 Å². The highest BCUT2D eigenvalue weighted by atomic mass is 16.5. The number of hydrogen-bond acceptors (Lipinski definition) is 6. The average molecular weight is 342 g/mol. The summed E-state index contributed by atoms with van der Waals surface area (Å²) in [6, 6.07) is 0. The van der Waals surface area contributed by atoms with E-state index in [1.165, 1.54) is 32.2 Å². The molecule has 7 heteroatoms. The van der Waals surface area contributed by atoms with E-state index in [2.05, 4.69) is 25.2 Å². The Kier molecular flexibility index (Phi) is 3.84. The van der Waals surface area contributed by atoms with E-state index in [0.717, 1.165) is 61.1 Å². The largest absolute Gasteiger partial charge is 0.339 e. The molecule has 0 amide bonds. The number of H-pyrrole nitrogens is 1. The lowest BCUT2D eigenvalue weighted by molar-refractivity contribution is 0.303. The van der Waals surface area contributed by atoms with Crippen molar-refractivity contribution >= 4 is 0 Å². The van der Waals surface area contributed by atoms with Crippen LogP contribution in [-0.2, 0) is 6.42 Å². The molecular formula is C18H26N6O. The SMILES string of the molecule is Cc1noc(CCCN2C[C@H](c3nc(C4CC4)n[nH]3)[C@@H](C3CC3)C2)n1. The van der Waals surface area contributed by atoms with Crippen LogP contribution in [0.25, 0.3) is 0 Å². The van der Waals surface area contributed by atoms with Gasteiger partial charge in [0.05, 0.1) is 0 Å². The third kappa shape index (κ3) is 3.34. The minimum atomic E-state index is 0.526. The molecule has 5 rings (SSSR count). The molecule has 134 valence electrons. The van der Waals surface area contributed by atoms with Crippen molar-refractivity contribution in [1.29, 1.82) is 0 Å². The summed E-state index contributed by atoms with van der Waals surface area (Å²) in [5, 5.41) is 11.6. The van der Waals surface area contributed by atoms with Crippen LogP contribution in [0.15, 0.2) is 4.52 Å². The van der Waals surface area contributed by atoms with Crippen molar-refractivity contribution in [3.8, 4) is 0 Å². The fourth-order valence-corrected chi connectivity index (χ4v) is 4.26. The first kappa shape index (κ1) is 15.5. The highest BCUT2D eigenvalue weighted by Gasteiger charge is 2.44. The van der Waals surface area contributed by atoms with Gasteiger partial charge in [0, 0.05) is 31.3 Å². The van der Waals surface area contributed by atoms with Crippen molar-refractivity contribution in [3.63, 3.8) is 0 Å². The highest BCUT2D eigenvalue weighted by molar-refractivity contribution is 5.12. The molecular weight excluding hydrogens is 316 g/mol. The smallest absolute Gasteiger partial charge is 0.226 e. The van der Waals surface area contributed by atoms with Crippen LogP contribution in [0.5, 0.6) is 0 Å². The molecule has 2 aliphatic carbocycles. The molecule has 1 N–H and O–H groups in total. The summed E-state index contributed by atoms with van der Waals surface area (Å²) in [5.74, 6) is 6.45. The maximum absolute atomic E-state index is 5.22. The lowest BCUT2D eigenvalue weighted by Crippen LogP contribution is -2.23. The van der Waals surface area contributed by atoms with Gasteiger partial charge in [-0.15, -0.1) is 0 Å². The van der Waals surface area contributed by atoms with E-state index in [-0.39, 0.29) is 0 Å². The van der Waals surface area contributed by atoms with Crippen LogP contribution in [0, 0.1) is 18.8 Å². The second-order valence-corrected chi connectivity index (χ2v) is 8.06. The molecule has 2 aromatic rings. The highest BCUT2D eigenvalue weighted by Crippen LogP contribution is 2.47. The fourth-order valence-electron chi connectivity index (χ4n) is 4.26. The predicted molar refractivity (Wildman–Crippen MR) is 91.1 cm³/mol. The Hall–Kier alpha value is -1.76. The molecule has 0 radical (unpaired) electrons. The number of nitrogens with one attached hydrogen (secondary N) is 1. The normalized spacial score (nSPS) is 27.2. The van der Waals surface area contributed by atoms with Gasteiger partial charge in [0.25, 0.3) is 0 Å². The van der Waals surface area contributed by atoms with Crippen LogP contribution >= 0.6 is 0 Å². The molecule has 1 saturated heterocycles. The summed E-state index contributed by atoms with van der Waals surface area (Å²) >= 11 is 0. The molecule has 3 fully saturated rings. The van der Waals surface area contributed by atoms with Crippen molar-refractivity contribution in [3.05, 3.63) is 23.4 Å². The van der Waals surface area contributed by atoms with Crippen LogP contribution in [0.3, 0.4) is 0 Å². The van der Waals surface area contributed by atoms with Crippen LogP contribution < -0.4 is 0 Å². The van der Waals surface area contributed by atoms with Gasteiger partial charge >= 0.3 is 0 Å². The van der Waals surface area contributed by atoms with Gasteiger partial charge < -0.3 is 9.42 Å². The fraction of sp³-hybridized carbons (Fsp3) is 0.778. The zero-order valence-corrected chi connectivity index (χ0v) is 14.8. The summed E-state index contributed by atoms with van der Waals surface area (Å²) in [6.45, 7) is 5.25. The van der Waals surface area contributed by atoms with E-state index < -0.39 is 0 Å². The van der Waals surface area contributed by atoms with Gasteiger partial charge in [0.1, 0.15) is 5.82 Å². The zero-order chi connectivity index (χ0) is 16.8. The van der Waals surface area contributed by atoms with E-state index in [9.17, 15) is 0 Å². The van der Waals surface area contributed by atoms with Crippen molar-refractivity contribution in [2.24, 2.45) is 11.8 Å². The summed E-state index contributed by atoms with van der Waals surface area (Å²) in [4.78, 5) is 11.7. The number of aromatic amines is 1. The molecule has 0 bridgehead atoms. The van der Waals surface area contributed by atoms with Crippen LogP contribution in [0.1, 0.15) is 67.3 Å². The van der Waals surface area contributed by atoms with E-state index in [0.29, 0.717) is 11.8 Å². The van der Waals surface area contributed by atoms with Gasteiger partial charge in [-0.3, -0.25) is 5.10 Å². The Bertz CT molecular complexity index is 732. The lowest BCUT2D eigenvalue weighted by atomic mass is 9.91. The van der Waals surface area contributed by atoms with Crippen molar-refractivity contribution in [1.82, 2.24) is 30.2 Å². The molecule has 3 aliphatic rings. The third-order valence-electron chi connectivity index (χ3n) is 5.92. The molecule has 0 aromatic carbocycles. The first-order valence-electron chi connectivity index (χ1n) is 9.70. The number of likely N-dealkylation sites (tertiary alicyclic amines) is 1. The average Bonchev–Trinajstić information content (AvgIpc) is 3.51. The molecule has 7 nitrogen and oxygen atoms in total. The first-order valence-corrected chi connectivity index (χ1v) is 9.70. The van der Waals surface area contributed by atoms with Crippen molar-refractivity contribution < 1.29 is 4.52 Å². The minimum Gasteiger partial charge on any atom is -0.339 e. The number of aryl methyl sites for hydroxylation is 2. The van der Waals surface area contributed by atoms with E-state index in [1.54, 1.807) is 0 Å². The van der Waals surface area contributed by atoms with Gasteiger partial charge in [0.15, 0.2) is 11.6 Å². The van der Waals surface area contributed by atoms with Crippen molar-refractivity contribution in [2.75, 3.05) is 19.6 Å². The van der Waals surface area contributed by atoms with Crippen molar-refractivity contribution in [2.45, 2.75) is 57.3 Å². The Morgan fingerprint density at radius 2 is 2.04 bits per heavy atom. The third-order valence-corrected chi connectivity index (χ3v) is 5.92. The topological polar surface area (TPSA) is 83.7 Å². The summed E-state index contributed by atoms with van der Waals surface area (Å²) < 4.78 is 5.22. The molecule has 1 aliphatic heterocycles. The van der Waals surface area contributed by atoms with Crippen LogP contribution in [0.4, 0.5) is 0 Å². The zero-order valence-electron chi connectivity index (χ0n) is 14.8. The van der Waals surface area contributed by atoms with Crippen LogP contribution in [-0.4, -0.2) is 49.9 Å². The lowest BCUT2D eigenvalue weighted by Gasteiger charge is -2.14. The molecule has 3 heterocycles. The summed E-state index contributed by atoms with van der Waals surface area (Å²) in [5.41, 5.74) is 0. The quantitative estimate of drug-likeness (QED) is 0.832. The number of nitrogens with zero attached hydrogens (tertiary/aromatic N) is 5. The van der Waals surface area contributed by atoms with Gasteiger partial charge in [-0.25, -0.2) is 4.98 Å². The Balaban J connectivity index is 1.21. The molecule has 2 saturated carbocycles.